The van der Waals surface area contributed by atoms with Crippen LogP contribution in [0.5, 0.6) is 0 Å². The SMILES string of the molecule is N=c1nc(N)c(-c2cccc(Cl)c2Cl)nn1C(=O)OCCSSCCNC(=O)c1cccnc1. The van der Waals surface area contributed by atoms with Crippen molar-refractivity contribution >= 4 is 62.6 Å². The van der Waals surface area contributed by atoms with Crippen molar-refractivity contribution in [2.75, 3.05) is 30.4 Å². The van der Waals surface area contributed by atoms with Gasteiger partial charge in [0, 0.05) is 36.0 Å². The second kappa shape index (κ2) is 12.6. The third-order valence-corrected chi connectivity index (χ3v) is 7.31. The first-order valence-electron chi connectivity index (χ1n) is 9.74. The van der Waals surface area contributed by atoms with Gasteiger partial charge in [-0.2, -0.15) is 10.1 Å². The van der Waals surface area contributed by atoms with E-state index in [2.05, 4.69) is 20.4 Å². The van der Waals surface area contributed by atoms with Gasteiger partial charge in [0.25, 0.3) is 11.5 Å². The number of hydrogen-bond acceptors (Lipinski definition) is 10. The lowest BCUT2D eigenvalue weighted by atomic mass is 10.1. The van der Waals surface area contributed by atoms with E-state index in [-0.39, 0.29) is 34.1 Å². The molecule has 0 radical (unpaired) electrons. The molecule has 0 fully saturated rings. The van der Waals surface area contributed by atoms with Crippen molar-refractivity contribution in [1.82, 2.24) is 25.1 Å². The average molecular weight is 540 g/mol. The Bertz CT molecular complexity index is 1230. The standard InChI is InChI=1S/C20H19Cl2N7O3S2/c21-14-5-1-4-13(15(14)22)16-17(23)27-19(24)29(28-16)20(31)32-8-10-34-33-9-7-26-18(30)12-3-2-6-25-11-12/h1-6,11H,7-10H2,(H,26,30)(H3,23,24,27). The maximum Gasteiger partial charge on any atom is 0.438 e. The van der Waals surface area contributed by atoms with Crippen molar-refractivity contribution in [2.45, 2.75) is 0 Å². The number of carbonyl (C=O) groups excluding carboxylic acids is 2. The lowest BCUT2D eigenvalue weighted by Crippen LogP contribution is -2.34. The number of benzene rings is 1. The lowest BCUT2D eigenvalue weighted by molar-refractivity contribution is 0.0955. The number of ether oxygens (including phenoxy) is 1. The fourth-order valence-electron chi connectivity index (χ4n) is 2.57. The van der Waals surface area contributed by atoms with Gasteiger partial charge in [0.05, 0.1) is 15.6 Å². The van der Waals surface area contributed by atoms with Gasteiger partial charge in [-0.05, 0) is 18.2 Å². The first-order valence-corrected chi connectivity index (χ1v) is 13.0. The molecular weight excluding hydrogens is 521 g/mol. The molecule has 2 heterocycles. The normalized spacial score (nSPS) is 10.6. The zero-order valence-corrected chi connectivity index (χ0v) is 20.7. The summed E-state index contributed by atoms with van der Waals surface area (Å²) in [5.41, 5.74) is 6.39. The summed E-state index contributed by atoms with van der Waals surface area (Å²) in [6.07, 6.45) is 2.24. The fraction of sp³-hybridized carbons (Fsp3) is 0.200. The number of pyridine rings is 1. The number of anilines is 1. The molecule has 4 N–H and O–H groups in total. The summed E-state index contributed by atoms with van der Waals surface area (Å²) in [7, 11) is 3.00. The number of rotatable bonds is 9. The maximum atomic E-state index is 12.4. The number of nitrogens with one attached hydrogen (secondary N) is 2. The van der Waals surface area contributed by atoms with Gasteiger partial charge in [-0.15, -0.1) is 4.68 Å². The van der Waals surface area contributed by atoms with E-state index in [1.807, 2.05) is 0 Å². The maximum absolute atomic E-state index is 12.4. The lowest BCUT2D eigenvalue weighted by Gasteiger charge is -2.11. The smallest absolute Gasteiger partial charge is 0.438 e. The highest BCUT2D eigenvalue weighted by Gasteiger charge is 2.17. The van der Waals surface area contributed by atoms with E-state index >= 15 is 0 Å². The molecule has 10 nitrogen and oxygen atoms in total. The van der Waals surface area contributed by atoms with E-state index in [4.69, 9.17) is 39.1 Å². The zero-order valence-electron chi connectivity index (χ0n) is 17.5. The Labute approximate surface area is 212 Å². The highest BCUT2D eigenvalue weighted by molar-refractivity contribution is 8.76. The Hall–Kier alpha value is -2.80. The minimum absolute atomic E-state index is 0.0687. The van der Waals surface area contributed by atoms with Crippen molar-refractivity contribution in [1.29, 1.82) is 5.41 Å². The Kier molecular flexibility index (Phi) is 9.57. The van der Waals surface area contributed by atoms with Crippen LogP contribution in [0.25, 0.3) is 11.3 Å². The summed E-state index contributed by atoms with van der Waals surface area (Å²) in [6.45, 7) is 0.573. The number of nitrogens with zero attached hydrogens (tertiary/aromatic N) is 4. The number of carbonyl (C=O) groups is 2. The number of halogens is 2. The Morgan fingerprint density at radius 1 is 1.18 bits per heavy atom. The average Bonchev–Trinajstić information content (AvgIpc) is 2.83. The Morgan fingerprint density at radius 3 is 2.74 bits per heavy atom. The van der Waals surface area contributed by atoms with Gasteiger partial charge in [0.15, 0.2) is 5.82 Å². The number of nitrogen functional groups attached to an aromatic ring is 1. The summed E-state index contributed by atoms with van der Waals surface area (Å²) in [4.78, 5) is 32.1. The summed E-state index contributed by atoms with van der Waals surface area (Å²) < 4.78 is 5.89. The van der Waals surface area contributed by atoms with E-state index in [0.717, 1.165) is 0 Å². The van der Waals surface area contributed by atoms with Crippen LogP contribution in [0.15, 0.2) is 42.7 Å². The second-order valence-electron chi connectivity index (χ2n) is 6.44. The number of nitrogens with two attached hydrogens (primary N) is 1. The largest absolute Gasteiger partial charge is 0.447 e. The molecule has 2 aromatic heterocycles. The topological polar surface area (TPSA) is 149 Å². The highest BCUT2D eigenvalue weighted by atomic mass is 35.5. The summed E-state index contributed by atoms with van der Waals surface area (Å²) in [5, 5.41) is 15.3. The van der Waals surface area contributed by atoms with E-state index in [9.17, 15) is 9.59 Å². The zero-order chi connectivity index (χ0) is 24.5. The molecule has 1 aromatic carbocycles. The quantitative estimate of drug-likeness (QED) is 0.274. The third kappa shape index (κ3) is 6.86. The van der Waals surface area contributed by atoms with Crippen LogP contribution < -0.4 is 16.7 Å². The van der Waals surface area contributed by atoms with Crippen LogP contribution in [0.3, 0.4) is 0 Å². The number of hydrogen-bond donors (Lipinski definition) is 3. The predicted octanol–water partition coefficient (Wildman–Crippen LogP) is 3.50. The molecule has 1 amide bonds. The summed E-state index contributed by atoms with van der Waals surface area (Å²) in [6, 6.07) is 8.27. The molecule has 0 aliphatic carbocycles. The Morgan fingerprint density at radius 2 is 1.97 bits per heavy atom. The highest BCUT2D eigenvalue weighted by Crippen LogP contribution is 2.33. The first-order chi connectivity index (χ1) is 16.4. The third-order valence-electron chi connectivity index (χ3n) is 4.12. The van der Waals surface area contributed by atoms with Crippen molar-refractivity contribution in [3.8, 4) is 11.3 Å². The van der Waals surface area contributed by atoms with Gasteiger partial charge in [0.1, 0.15) is 12.3 Å². The van der Waals surface area contributed by atoms with Crippen LogP contribution in [-0.4, -0.2) is 56.4 Å². The molecule has 0 saturated heterocycles. The van der Waals surface area contributed by atoms with Crippen LogP contribution in [-0.2, 0) is 4.74 Å². The van der Waals surface area contributed by atoms with Crippen molar-refractivity contribution in [3.63, 3.8) is 0 Å². The van der Waals surface area contributed by atoms with Crippen LogP contribution in [0.2, 0.25) is 10.0 Å². The minimum Gasteiger partial charge on any atom is -0.447 e. The minimum atomic E-state index is -0.869. The van der Waals surface area contributed by atoms with Gasteiger partial charge in [-0.25, -0.2) is 4.79 Å². The van der Waals surface area contributed by atoms with Crippen molar-refractivity contribution in [3.05, 3.63) is 64.0 Å². The van der Waals surface area contributed by atoms with Crippen LogP contribution in [0.4, 0.5) is 10.6 Å². The van der Waals surface area contributed by atoms with Gasteiger partial charge >= 0.3 is 6.09 Å². The van der Waals surface area contributed by atoms with E-state index in [1.54, 1.807) is 36.5 Å². The van der Waals surface area contributed by atoms with Crippen molar-refractivity contribution < 1.29 is 14.3 Å². The van der Waals surface area contributed by atoms with E-state index in [1.165, 1.54) is 27.8 Å². The molecule has 0 unspecified atom stereocenters. The fourth-order valence-corrected chi connectivity index (χ4v) is 4.69. The molecule has 0 aliphatic heterocycles. The molecule has 14 heteroatoms. The molecule has 0 saturated carbocycles. The second-order valence-corrected chi connectivity index (χ2v) is 9.93. The predicted molar refractivity (Wildman–Crippen MR) is 134 cm³/mol. The monoisotopic (exact) mass is 539 g/mol. The molecule has 3 aromatic rings. The summed E-state index contributed by atoms with van der Waals surface area (Å²) >= 11 is 12.3. The first kappa shape index (κ1) is 25.8. The molecule has 178 valence electrons. The molecule has 0 bridgehead atoms. The molecule has 3 rings (SSSR count). The van der Waals surface area contributed by atoms with Crippen LogP contribution in [0.1, 0.15) is 10.4 Å². The number of aromatic nitrogens is 4. The Balaban J connectivity index is 1.45. The van der Waals surface area contributed by atoms with Crippen LogP contribution >= 0.6 is 44.8 Å². The van der Waals surface area contributed by atoms with Gasteiger partial charge in [-0.3, -0.25) is 15.2 Å². The van der Waals surface area contributed by atoms with Gasteiger partial charge in [-0.1, -0.05) is 56.9 Å². The summed E-state index contributed by atoms with van der Waals surface area (Å²) in [5.74, 6) is 0.916. The van der Waals surface area contributed by atoms with Crippen LogP contribution in [0, 0.1) is 5.41 Å². The van der Waals surface area contributed by atoms with Gasteiger partial charge < -0.3 is 15.8 Å². The molecular formula is C20H19Cl2N7O3S2. The molecule has 34 heavy (non-hydrogen) atoms. The molecule has 0 atom stereocenters. The van der Waals surface area contributed by atoms with Gasteiger partial charge in [0.2, 0.25) is 0 Å². The van der Waals surface area contributed by atoms with Crippen molar-refractivity contribution in [2.24, 2.45) is 0 Å². The number of amides is 1. The van der Waals surface area contributed by atoms with E-state index in [0.29, 0.717) is 33.9 Å². The van der Waals surface area contributed by atoms with E-state index < -0.39 is 11.7 Å². The molecule has 0 spiro atoms. The molecule has 0 aliphatic rings.